The molecule has 3 aromatic rings. The molecule has 0 bridgehead atoms. The van der Waals surface area contributed by atoms with Crippen molar-refractivity contribution in [2.24, 2.45) is 5.73 Å². The van der Waals surface area contributed by atoms with Crippen molar-refractivity contribution < 1.29 is 9.21 Å². The molecule has 0 fully saturated rings. The van der Waals surface area contributed by atoms with Gasteiger partial charge >= 0.3 is 0 Å². The molecule has 2 N–H and O–H groups in total. The van der Waals surface area contributed by atoms with E-state index in [9.17, 15) is 4.79 Å². The number of hydrogen-bond acceptors (Lipinski definition) is 5. The maximum Gasteiger partial charge on any atom is 0.238 e. The van der Waals surface area contributed by atoms with Gasteiger partial charge in [-0.3, -0.25) is 4.79 Å². The van der Waals surface area contributed by atoms with E-state index in [1.165, 1.54) is 11.3 Å². The molecule has 0 unspecified atom stereocenters. The second-order valence-corrected chi connectivity index (χ2v) is 6.85. The van der Waals surface area contributed by atoms with Crippen molar-refractivity contribution in [3.05, 3.63) is 45.9 Å². The Bertz CT molecular complexity index is 891. The molecule has 8 heteroatoms. The van der Waals surface area contributed by atoms with Crippen molar-refractivity contribution in [3.63, 3.8) is 0 Å². The van der Waals surface area contributed by atoms with Crippen molar-refractivity contribution in [2.45, 2.75) is 0 Å². The highest BCUT2D eigenvalue weighted by molar-refractivity contribution is 7.14. The summed E-state index contributed by atoms with van der Waals surface area (Å²) in [5.74, 6) is 0.611. The third kappa shape index (κ3) is 3.40. The molecule has 3 rings (SSSR count). The summed E-state index contributed by atoms with van der Waals surface area (Å²) in [6, 6.07) is 7.19. The largest absolute Gasteiger partial charge is 0.435 e. The van der Waals surface area contributed by atoms with Crippen LogP contribution in [0.1, 0.15) is 0 Å². The molecule has 0 saturated carbocycles. The lowest BCUT2D eigenvalue weighted by molar-refractivity contribution is -0.116. The number of rotatable bonds is 5. The number of carbonyl (C=O) groups excluding carboxylic acids is 1. The molecular formula is C16H13Cl2N3O2S. The number of oxazole rings is 1. The number of thiophene rings is 1. The standard InChI is InChI=1S/C16H13Cl2N3O2S/c1-21(8-14(19)22)12-6-9(2-3-10(12)17)13-7-20-16(23-13)15-11(18)4-5-24-15/h2-7H,8H2,1H3,(H2,19,22). The van der Waals surface area contributed by atoms with E-state index in [-0.39, 0.29) is 6.54 Å². The average molecular weight is 382 g/mol. The van der Waals surface area contributed by atoms with Crippen molar-refractivity contribution >= 4 is 46.1 Å². The fourth-order valence-electron chi connectivity index (χ4n) is 2.24. The molecule has 5 nitrogen and oxygen atoms in total. The Morgan fingerprint density at radius 3 is 2.79 bits per heavy atom. The highest BCUT2D eigenvalue weighted by Crippen LogP contribution is 2.36. The molecule has 0 aliphatic heterocycles. The van der Waals surface area contributed by atoms with Gasteiger partial charge in [0, 0.05) is 12.6 Å². The summed E-state index contributed by atoms with van der Waals surface area (Å²) in [5, 5.41) is 3.00. The summed E-state index contributed by atoms with van der Waals surface area (Å²) in [6.45, 7) is 0.0651. The van der Waals surface area contributed by atoms with Crippen LogP contribution in [0.4, 0.5) is 5.69 Å². The topological polar surface area (TPSA) is 72.4 Å². The molecule has 2 heterocycles. The number of primary amides is 1. The zero-order valence-corrected chi connectivity index (χ0v) is 15.0. The lowest BCUT2D eigenvalue weighted by Gasteiger charge is -2.19. The summed E-state index contributed by atoms with van der Waals surface area (Å²) in [7, 11) is 1.74. The Labute approximate surface area is 152 Å². The normalized spacial score (nSPS) is 10.8. The maximum absolute atomic E-state index is 11.1. The Morgan fingerprint density at radius 1 is 1.33 bits per heavy atom. The van der Waals surface area contributed by atoms with Gasteiger partial charge in [0.2, 0.25) is 11.8 Å². The van der Waals surface area contributed by atoms with Gasteiger partial charge in [0.25, 0.3) is 0 Å². The number of carbonyl (C=O) groups is 1. The predicted molar refractivity (Wildman–Crippen MR) is 97.7 cm³/mol. The van der Waals surface area contributed by atoms with Gasteiger partial charge in [-0.2, -0.15) is 0 Å². The van der Waals surface area contributed by atoms with Crippen LogP contribution in [0.2, 0.25) is 10.0 Å². The number of benzene rings is 1. The van der Waals surface area contributed by atoms with Gasteiger partial charge < -0.3 is 15.1 Å². The van der Waals surface area contributed by atoms with Gasteiger partial charge in [-0.25, -0.2) is 4.98 Å². The minimum atomic E-state index is -0.437. The lowest BCUT2D eigenvalue weighted by atomic mass is 10.1. The summed E-state index contributed by atoms with van der Waals surface area (Å²) < 4.78 is 5.81. The number of amides is 1. The van der Waals surface area contributed by atoms with E-state index in [4.69, 9.17) is 33.4 Å². The quantitative estimate of drug-likeness (QED) is 0.714. The van der Waals surface area contributed by atoms with E-state index in [0.717, 1.165) is 10.4 Å². The summed E-state index contributed by atoms with van der Waals surface area (Å²) in [6.07, 6.45) is 1.63. The van der Waals surface area contributed by atoms with Crippen LogP contribution in [0.3, 0.4) is 0 Å². The fourth-order valence-corrected chi connectivity index (χ4v) is 3.57. The lowest BCUT2D eigenvalue weighted by Crippen LogP contribution is -2.30. The third-order valence-electron chi connectivity index (χ3n) is 3.35. The zero-order valence-electron chi connectivity index (χ0n) is 12.6. The van der Waals surface area contributed by atoms with Gasteiger partial charge in [0.15, 0.2) is 5.76 Å². The first-order chi connectivity index (χ1) is 11.5. The maximum atomic E-state index is 11.1. The monoisotopic (exact) mass is 381 g/mol. The second kappa shape index (κ2) is 6.84. The number of halogens is 2. The number of hydrogen-bond donors (Lipinski definition) is 1. The molecule has 0 saturated heterocycles. The van der Waals surface area contributed by atoms with Crippen LogP contribution in [0.5, 0.6) is 0 Å². The molecular weight excluding hydrogens is 369 g/mol. The minimum absolute atomic E-state index is 0.0651. The van der Waals surface area contributed by atoms with Crippen molar-refractivity contribution in [1.82, 2.24) is 4.98 Å². The fraction of sp³-hybridized carbons (Fsp3) is 0.125. The first kappa shape index (κ1) is 16.8. The highest BCUT2D eigenvalue weighted by atomic mass is 35.5. The highest BCUT2D eigenvalue weighted by Gasteiger charge is 2.15. The average Bonchev–Trinajstić information content (AvgIpc) is 3.15. The second-order valence-electron chi connectivity index (χ2n) is 5.12. The van der Waals surface area contributed by atoms with Gasteiger partial charge in [0.1, 0.15) is 4.88 Å². The SMILES string of the molecule is CN(CC(N)=O)c1cc(-c2cnc(-c3sccc3Cl)o2)ccc1Cl. The molecule has 1 amide bonds. The Balaban J connectivity index is 1.94. The molecule has 0 radical (unpaired) electrons. The molecule has 24 heavy (non-hydrogen) atoms. The molecule has 0 spiro atoms. The number of anilines is 1. The van der Waals surface area contributed by atoms with Crippen LogP contribution in [-0.2, 0) is 4.79 Å². The van der Waals surface area contributed by atoms with Gasteiger partial charge in [-0.1, -0.05) is 23.2 Å². The molecule has 0 atom stereocenters. The first-order valence-electron chi connectivity index (χ1n) is 6.94. The predicted octanol–water partition coefficient (Wildman–Crippen LogP) is 4.30. The molecule has 0 aliphatic carbocycles. The number of likely N-dealkylation sites (N-methyl/N-ethyl adjacent to an activating group) is 1. The van der Waals surface area contributed by atoms with Gasteiger partial charge in [-0.05, 0) is 29.6 Å². The van der Waals surface area contributed by atoms with E-state index in [1.54, 1.807) is 30.3 Å². The van der Waals surface area contributed by atoms with E-state index in [2.05, 4.69) is 4.98 Å². The van der Waals surface area contributed by atoms with Crippen molar-refractivity contribution in [3.8, 4) is 22.1 Å². The summed E-state index contributed by atoms with van der Waals surface area (Å²) in [4.78, 5) is 17.9. The van der Waals surface area contributed by atoms with Gasteiger partial charge in [-0.15, -0.1) is 11.3 Å². The molecule has 1 aromatic carbocycles. The van der Waals surface area contributed by atoms with E-state index in [1.807, 2.05) is 17.5 Å². The smallest absolute Gasteiger partial charge is 0.238 e. The third-order valence-corrected chi connectivity index (χ3v) is 5.00. The summed E-state index contributed by atoms with van der Waals surface area (Å²) >= 11 is 13.8. The number of aromatic nitrogens is 1. The van der Waals surface area contributed by atoms with Crippen LogP contribution < -0.4 is 10.6 Å². The Kier molecular flexibility index (Phi) is 4.80. The minimum Gasteiger partial charge on any atom is -0.435 e. The van der Waals surface area contributed by atoms with Crippen molar-refractivity contribution in [1.29, 1.82) is 0 Å². The molecule has 0 aliphatic rings. The van der Waals surface area contributed by atoms with E-state index >= 15 is 0 Å². The Hall–Kier alpha value is -2.02. The van der Waals surface area contributed by atoms with Gasteiger partial charge in [0.05, 0.1) is 28.5 Å². The van der Waals surface area contributed by atoms with Crippen LogP contribution >= 0.6 is 34.5 Å². The van der Waals surface area contributed by atoms with Crippen LogP contribution in [-0.4, -0.2) is 24.5 Å². The molecule has 2 aromatic heterocycles. The number of nitrogens with zero attached hydrogens (tertiary/aromatic N) is 2. The van der Waals surface area contributed by atoms with Crippen LogP contribution in [0, 0.1) is 0 Å². The summed E-state index contributed by atoms with van der Waals surface area (Å²) in [5.41, 5.74) is 6.71. The van der Waals surface area contributed by atoms with E-state index < -0.39 is 5.91 Å². The van der Waals surface area contributed by atoms with Crippen LogP contribution in [0.25, 0.3) is 22.1 Å². The zero-order chi connectivity index (χ0) is 17.3. The number of nitrogens with two attached hydrogens (primary N) is 1. The van der Waals surface area contributed by atoms with E-state index in [0.29, 0.717) is 27.4 Å². The first-order valence-corrected chi connectivity index (χ1v) is 8.58. The van der Waals surface area contributed by atoms with Crippen LogP contribution in [0.15, 0.2) is 40.3 Å². The van der Waals surface area contributed by atoms with Crippen molar-refractivity contribution in [2.75, 3.05) is 18.5 Å². The Morgan fingerprint density at radius 2 is 2.12 bits per heavy atom. The molecule has 124 valence electrons.